The molecule has 0 radical (unpaired) electrons. The third-order valence-corrected chi connectivity index (χ3v) is 3.61. The SMILES string of the molecule is CCOC(=O)[C@@H]1C(=O)N(C)C(=O)C[C@H]1c1ccc(F)cc1. The minimum Gasteiger partial charge on any atom is -0.465 e. The predicted octanol–water partition coefficient (Wildman–Crippen LogP) is 1.48. The molecule has 2 amide bonds. The summed E-state index contributed by atoms with van der Waals surface area (Å²) in [7, 11) is 1.35. The fraction of sp³-hybridized carbons (Fsp3) is 0.400. The van der Waals surface area contributed by atoms with Crippen LogP contribution in [0.15, 0.2) is 24.3 Å². The molecule has 1 fully saturated rings. The van der Waals surface area contributed by atoms with Gasteiger partial charge in [-0.05, 0) is 24.6 Å². The molecule has 0 aliphatic carbocycles. The second kappa shape index (κ2) is 6.03. The highest BCUT2D eigenvalue weighted by Crippen LogP contribution is 2.35. The van der Waals surface area contributed by atoms with Crippen LogP contribution in [0, 0.1) is 11.7 Å². The Morgan fingerprint density at radius 3 is 2.52 bits per heavy atom. The number of ether oxygens (including phenoxy) is 1. The van der Waals surface area contributed by atoms with Crippen molar-refractivity contribution < 1.29 is 23.5 Å². The Kier molecular flexibility index (Phi) is 4.35. The van der Waals surface area contributed by atoms with E-state index in [1.54, 1.807) is 6.92 Å². The molecule has 0 spiro atoms. The van der Waals surface area contributed by atoms with E-state index in [0.29, 0.717) is 5.56 Å². The summed E-state index contributed by atoms with van der Waals surface area (Å²) < 4.78 is 18.0. The number of rotatable bonds is 3. The van der Waals surface area contributed by atoms with Gasteiger partial charge in [0.1, 0.15) is 11.7 Å². The molecule has 0 bridgehead atoms. The summed E-state index contributed by atoms with van der Waals surface area (Å²) in [5.74, 6) is -3.72. The predicted molar refractivity (Wildman–Crippen MR) is 71.7 cm³/mol. The quantitative estimate of drug-likeness (QED) is 0.481. The second-order valence-corrected chi connectivity index (χ2v) is 4.88. The lowest BCUT2D eigenvalue weighted by molar-refractivity contribution is -0.162. The van der Waals surface area contributed by atoms with E-state index in [2.05, 4.69) is 0 Å². The van der Waals surface area contributed by atoms with Crippen LogP contribution in [0.25, 0.3) is 0 Å². The molecule has 6 heteroatoms. The van der Waals surface area contributed by atoms with E-state index < -0.39 is 29.5 Å². The zero-order chi connectivity index (χ0) is 15.6. The van der Waals surface area contributed by atoms with Gasteiger partial charge in [-0.2, -0.15) is 0 Å². The van der Waals surface area contributed by atoms with Crippen molar-refractivity contribution >= 4 is 17.8 Å². The number of amides is 2. The first-order valence-corrected chi connectivity index (χ1v) is 6.68. The number of carbonyl (C=O) groups is 3. The standard InChI is InChI=1S/C15H16FNO4/c1-3-21-15(20)13-11(8-12(18)17(2)14(13)19)9-4-6-10(16)7-5-9/h4-7,11,13H,3,8H2,1-2H3/t11-,13-/m0/s1. The van der Waals surface area contributed by atoms with Crippen LogP contribution in [0.5, 0.6) is 0 Å². The van der Waals surface area contributed by atoms with Crippen LogP contribution in [-0.2, 0) is 19.1 Å². The van der Waals surface area contributed by atoms with Gasteiger partial charge in [-0.15, -0.1) is 0 Å². The minimum absolute atomic E-state index is 0.0113. The molecular formula is C15H16FNO4. The Morgan fingerprint density at radius 2 is 1.95 bits per heavy atom. The summed E-state index contributed by atoms with van der Waals surface area (Å²) in [4.78, 5) is 37.1. The summed E-state index contributed by atoms with van der Waals surface area (Å²) in [5.41, 5.74) is 0.573. The Balaban J connectivity index is 2.38. The maximum Gasteiger partial charge on any atom is 0.319 e. The topological polar surface area (TPSA) is 63.7 Å². The van der Waals surface area contributed by atoms with Crippen LogP contribution >= 0.6 is 0 Å². The van der Waals surface area contributed by atoms with Gasteiger partial charge in [-0.3, -0.25) is 19.3 Å². The van der Waals surface area contributed by atoms with Crippen LogP contribution in [0.3, 0.4) is 0 Å². The summed E-state index contributed by atoms with van der Waals surface area (Å²) >= 11 is 0. The number of likely N-dealkylation sites (tertiary alicyclic amines) is 1. The molecule has 0 N–H and O–H groups in total. The number of halogens is 1. The number of hydrogen-bond donors (Lipinski definition) is 0. The number of piperidine rings is 1. The van der Waals surface area contributed by atoms with Gasteiger partial charge in [-0.25, -0.2) is 4.39 Å². The molecule has 0 aromatic heterocycles. The van der Waals surface area contributed by atoms with Crippen LogP contribution in [0.4, 0.5) is 4.39 Å². The lowest BCUT2D eigenvalue weighted by Crippen LogP contribution is -2.49. The molecule has 5 nitrogen and oxygen atoms in total. The van der Waals surface area contributed by atoms with Crippen molar-refractivity contribution in [1.29, 1.82) is 0 Å². The van der Waals surface area contributed by atoms with Crippen molar-refractivity contribution in [1.82, 2.24) is 4.90 Å². The van der Waals surface area contributed by atoms with Gasteiger partial charge in [-0.1, -0.05) is 12.1 Å². The van der Waals surface area contributed by atoms with Crippen LogP contribution in [0.1, 0.15) is 24.8 Å². The van der Waals surface area contributed by atoms with Gasteiger partial charge >= 0.3 is 5.97 Å². The Hall–Kier alpha value is -2.24. The van der Waals surface area contributed by atoms with Crippen molar-refractivity contribution in [2.45, 2.75) is 19.3 Å². The zero-order valence-corrected chi connectivity index (χ0v) is 11.8. The number of benzene rings is 1. The maximum atomic E-state index is 13.0. The van der Waals surface area contributed by atoms with E-state index >= 15 is 0 Å². The van der Waals surface area contributed by atoms with Gasteiger partial charge in [0.2, 0.25) is 11.8 Å². The maximum absolute atomic E-state index is 13.0. The highest BCUT2D eigenvalue weighted by molar-refractivity contribution is 6.08. The Bertz CT molecular complexity index is 570. The minimum atomic E-state index is -1.07. The molecule has 112 valence electrons. The van der Waals surface area contributed by atoms with Crippen molar-refractivity contribution in [2.24, 2.45) is 5.92 Å². The number of carbonyl (C=O) groups excluding carboxylic acids is 3. The molecule has 1 aromatic carbocycles. The van der Waals surface area contributed by atoms with Gasteiger partial charge < -0.3 is 4.74 Å². The van der Waals surface area contributed by atoms with E-state index in [1.807, 2.05) is 0 Å². The number of hydrogen-bond acceptors (Lipinski definition) is 4. The molecule has 1 aliphatic rings. The highest BCUT2D eigenvalue weighted by Gasteiger charge is 2.45. The molecule has 0 saturated carbocycles. The normalized spacial score (nSPS) is 22.3. The van der Waals surface area contributed by atoms with E-state index in [0.717, 1.165) is 4.90 Å². The van der Waals surface area contributed by atoms with Crippen LogP contribution in [-0.4, -0.2) is 36.3 Å². The third-order valence-electron chi connectivity index (χ3n) is 3.61. The van der Waals surface area contributed by atoms with Crippen molar-refractivity contribution in [2.75, 3.05) is 13.7 Å². The summed E-state index contributed by atoms with van der Waals surface area (Å²) in [6.45, 7) is 1.80. The van der Waals surface area contributed by atoms with E-state index in [-0.39, 0.29) is 18.9 Å². The number of esters is 1. The van der Waals surface area contributed by atoms with E-state index in [1.165, 1.54) is 31.3 Å². The molecule has 1 heterocycles. The largest absolute Gasteiger partial charge is 0.465 e. The molecule has 0 unspecified atom stereocenters. The van der Waals surface area contributed by atoms with Gasteiger partial charge in [0, 0.05) is 19.4 Å². The average Bonchev–Trinajstić information content (AvgIpc) is 2.45. The van der Waals surface area contributed by atoms with Gasteiger partial charge in [0.15, 0.2) is 0 Å². The fourth-order valence-electron chi connectivity index (χ4n) is 2.46. The van der Waals surface area contributed by atoms with Gasteiger partial charge in [0.25, 0.3) is 0 Å². The van der Waals surface area contributed by atoms with Crippen molar-refractivity contribution in [3.8, 4) is 0 Å². The zero-order valence-electron chi connectivity index (χ0n) is 11.8. The second-order valence-electron chi connectivity index (χ2n) is 4.88. The first-order valence-electron chi connectivity index (χ1n) is 6.68. The van der Waals surface area contributed by atoms with E-state index in [9.17, 15) is 18.8 Å². The van der Waals surface area contributed by atoms with Crippen LogP contribution < -0.4 is 0 Å². The lowest BCUT2D eigenvalue weighted by Gasteiger charge is -2.33. The third kappa shape index (κ3) is 2.94. The van der Waals surface area contributed by atoms with Crippen LogP contribution in [0.2, 0.25) is 0 Å². The fourth-order valence-corrected chi connectivity index (χ4v) is 2.46. The first-order chi connectivity index (χ1) is 9.95. The summed E-state index contributed by atoms with van der Waals surface area (Å²) in [6.07, 6.45) is 0.0113. The van der Waals surface area contributed by atoms with Gasteiger partial charge in [0.05, 0.1) is 6.61 Å². The molecule has 1 saturated heterocycles. The molecule has 21 heavy (non-hydrogen) atoms. The highest BCUT2D eigenvalue weighted by atomic mass is 19.1. The monoisotopic (exact) mass is 293 g/mol. The van der Waals surface area contributed by atoms with E-state index in [4.69, 9.17) is 4.74 Å². The molecule has 2 rings (SSSR count). The first kappa shape index (κ1) is 15.2. The number of imide groups is 1. The van der Waals surface area contributed by atoms with Crippen molar-refractivity contribution in [3.63, 3.8) is 0 Å². The molecule has 1 aliphatic heterocycles. The molecular weight excluding hydrogens is 277 g/mol. The number of nitrogens with zero attached hydrogens (tertiary/aromatic N) is 1. The average molecular weight is 293 g/mol. The van der Waals surface area contributed by atoms with Crippen molar-refractivity contribution in [3.05, 3.63) is 35.6 Å². The molecule has 2 atom stereocenters. The molecule has 1 aromatic rings. The lowest BCUT2D eigenvalue weighted by atomic mass is 9.79. The smallest absolute Gasteiger partial charge is 0.319 e. The Morgan fingerprint density at radius 1 is 1.33 bits per heavy atom. The Labute approximate surface area is 121 Å². The summed E-state index contributed by atoms with van der Waals surface area (Å²) in [5, 5.41) is 0. The summed E-state index contributed by atoms with van der Waals surface area (Å²) in [6, 6.07) is 5.45.